The molecule has 0 aliphatic rings. The largest absolute Gasteiger partial charge is 0.320 e. The first-order valence-electron chi connectivity index (χ1n) is 4.65. The number of nitrogens with zero attached hydrogens (tertiary/aromatic N) is 1. The van der Waals surface area contributed by atoms with E-state index in [0.717, 1.165) is 15.2 Å². The number of carbonyl (C=O) groups excluding carboxylic acids is 1. The van der Waals surface area contributed by atoms with Crippen molar-refractivity contribution in [3.63, 3.8) is 0 Å². The Morgan fingerprint density at radius 1 is 1.44 bits per heavy atom. The predicted octanol–water partition coefficient (Wildman–Crippen LogP) is 3.47. The number of carbonyl (C=O) groups is 1. The highest BCUT2D eigenvalue weighted by Crippen LogP contribution is 2.22. The zero-order chi connectivity index (χ0) is 11.5. The van der Waals surface area contributed by atoms with Crippen LogP contribution in [0.5, 0.6) is 0 Å². The van der Waals surface area contributed by atoms with Crippen molar-refractivity contribution >= 4 is 38.9 Å². The van der Waals surface area contributed by atoms with E-state index < -0.39 is 0 Å². The number of hydrogen-bond acceptors (Lipinski definition) is 3. The average molecular weight is 297 g/mol. The highest BCUT2D eigenvalue weighted by molar-refractivity contribution is 9.10. The van der Waals surface area contributed by atoms with Gasteiger partial charge in [0.25, 0.3) is 5.91 Å². The lowest BCUT2D eigenvalue weighted by molar-refractivity contribution is 0.103. The summed E-state index contributed by atoms with van der Waals surface area (Å²) in [6.07, 6.45) is 1.59. The molecule has 1 N–H and O–H groups in total. The number of para-hydroxylation sites is 1. The van der Waals surface area contributed by atoms with Crippen molar-refractivity contribution in [1.29, 1.82) is 0 Å². The maximum absolute atomic E-state index is 11.8. The first-order chi connectivity index (χ1) is 7.66. The fraction of sp³-hybridized carbons (Fsp3) is 0.0909. The Labute approximate surface area is 106 Å². The van der Waals surface area contributed by atoms with Gasteiger partial charge in [0, 0.05) is 4.47 Å². The number of thiazole rings is 1. The molecule has 82 valence electrons. The number of benzene rings is 1. The van der Waals surface area contributed by atoms with Crippen LogP contribution in [-0.2, 0) is 0 Å². The number of anilines is 1. The summed E-state index contributed by atoms with van der Waals surface area (Å²) in [7, 11) is 0. The van der Waals surface area contributed by atoms with E-state index in [9.17, 15) is 4.79 Å². The molecule has 0 unspecified atom stereocenters. The number of hydrogen-bond donors (Lipinski definition) is 1. The van der Waals surface area contributed by atoms with Gasteiger partial charge in [-0.25, -0.2) is 4.98 Å². The summed E-state index contributed by atoms with van der Waals surface area (Å²) in [5.41, 5.74) is 0.763. The second-order valence-corrected chi connectivity index (χ2v) is 5.27. The van der Waals surface area contributed by atoms with Gasteiger partial charge in [0.2, 0.25) is 0 Å². The summed E-state index contributed by atoms with van der Waals surface area (Å²) >= 11 is 4.76. The maximum Gasteiger partial charge on any atom is 0.267 e. The Morgan fingerprint density at radius 3 is 2.81 bits per heavy atom. The molecule has 0 fully saturated rings. The summed E-state index contributed by atoms with van der Waals surface area (Å²) in [4.78, 5) is 16.5. The van der Waals surface area contributed by atoms with E-state index in [0.29, 0.717) is 4.88 Å². The summed E-state index contributed by atoms with van der Waals surface area (Å²) in [5.74, 6) is -0.127. The molecule has 0 atom stereocenters. The van der Waals surface area contributed by atoms with Crippen LogP contribution in [0.2, 0.25) is 0 Å². The molecule has 1 amide bonds. The summed E-state index contributed by atoms with van der Waals surface area (Å²) < 4.78 is 0.865. The maximum atomic E-state index is 11.8. The molecule has 0 aliphatic heterocycles. The Kier molecular flexibility index (Phi) is 3.36. The van der Waals surface area contributed by atoms with Crippen molar-refractivity contribution in [2.75, 3.05) is 5.32 Å². The van der Waals surface area contributed by atoms with Crippen molar-refractivity contribution < 1.29 is 4.79 Å². The quantitative estimate of drug-likeness (QED) is 0.922. The molecular weight excluding hydrogens is 288 g/mol. The number of aryl methyl sites for hydroxylation is 1. The van der Waals surface area contributed by atoms with Crippen molar-refractivity contribution in [2.45, 2.75) is 6.92 Å². The molecule has 1 heterocycles. The van der Waals surface area contributed by atoms with E-state index in [1.165, 1.54) is 11.3 Å². The average Bonchev–Trinajstić information content (AvgIpc) is 2.68. The van der Waals surface area contributed by atoms with Gasteiger partial charge in [-0.1, -0.05) is 12.1 Å². The number of amides is 1. The van der Waals surface area contributed by atoms with Gasteiger partial charge >= 0.3 is 0 Å². The molecule has 2 aromatic rings. The number of rotatable bonds is 2. The number of aromatic nitrogens is 1. The summed E-state index contributed by atoms with van der Waals surface area (Å²) in [6, 6.07) is 7.50. The van der Waals surface area contributed by atoms with Crippen LogP contribution in [0.15, 0.2) is 34.9 Å². The zero-order valence-electron chi connectivity index (χ0n) is 8.53. The molecule has 0 aliphatic carbocycles. The van der Waals surface area contributed by atoms with Gasteiger partial charge in [-0.15, -0.1) is 11.3 Å². The Balaban J connectivity index is 2.17. The lowest BCUT2D eigenvalue weighted by atomic mass is 10.3. The SMILES string of the molecule is Cc1ncc(C(=O)Nc2ccccc2Br)s1. The molecule has 0 bridgehead atoms. The molecule has 1 aromatic heterocycles. The lowest BCUT2D eigenvalue weighted by Gasteiger charge is -2.04. The second-order valence-electron chi connectivity index (χ2n) is 3.18. The van der Waals surface area contributed by atoms with E-state index in [1.54, 1.807) is 6.20 Å². The second kappa shape index (κ2) is 4.76. The van der Waals surface area contributed by atoms with Gasteiger partial charge in [-0.05, 0) is 35.0 Å². The van der Waals surface area contributed by atoms with Gasteiger partial charge in [-0.3, -0.25) is 4.79 Å². The molecule has 2 rings (SSSR count). The first-order valence-corrected chi connectivity index (χ1v) is 6.26. The van der Waals surface area contributed by atoms with Crippen molar-refractivity contribution in [3.05, 3.63) is 44.8 Å². The molecule has 1 aromatic carbocycles. The van der Waals surface area contributed by atoms with Crippen LogP contribution >= 0.6 is 27.3 Å². The Bertz CT molecular complexity index is 524. The fourth-order valence-corrected chi connectivity index (χ4v) is 2.27. The van der Waals surface area contributed by atoms with Gasteiger partial charge in [0.15, 0.2) is 0 Å². The third-order valence-corrected chi connectivity index (χ3v) is 3.57. The minimum absolute atomic E-state index is 0.127. The summed E-state index contributed by atoms with van der Waals surface area (Å²) in [5, 5.41) is 3.71. The van der Waals surface area contributed by atoms with Crippen LogP contribution in [0, 0.1) is 6.92 Å². The molecule has 0 radical (unpaired) electrons. The van der Waals surface area contributed by atoms with E-state index in [1.807, 2.05) is 31.2 Å². The topological polar surface area (TPSA) is 42.0 Å². The number of nitrogens with one attached hydrogen (secondary N) is 1. The Morgan fingerprint density at radius 2 is 2.19 bits per heavy atom. The van der Waals surface area contributed by atoms with Crippen molar-refractivity contribution in [2.24, 2.45) is 0 Å². The minimum Gasteiger partial charge on any atom is -0.320 e. The molecule has 0 saturated heterocycles. The minimum atomic E-state index is -0.127. The van der Waals surface area contributed by atoms with Crippen LogP contribution < -0.4 is 5.32 Å². The van der Waals surface area contributed by atoms with Gasteiger partial charge in [0.05, 0.1) is 16.9 Å². The van der Waals surface area contributed by atoms with Crippen LogP contribution in [0.3, 0.4) is 0 Å². The first kappa shape index (κ1) is 11.3. The molecule has 16 heavy (non-hydrogen) atoms. The standard InChI is InChI=1S/C11H9BrN2OS/c1-7-13-6-10(16-7)11(15)14-9-5-3-2-4-8(9)12/h2-6H,1H3,(H,14,15). The van der Waals surface area contributed by atoms with E-state index >= 15 is 0 Å². The van der Waals surface area contributed by atoms with E-state index in [-0.39, 0.29) is 5.91 Å². The third kappa shape index (κ3) is 2.48. The summed E-state index contributed by atoms with van der Waals surface area (Å²) in [6.45, 7) is 1.87. The van der Waals surface area contributed by atoms with Crippen LogP contribution in [-0.4, -0.2) is 10.9 Å². The molecule has 5 heteroatoms. The Hall–Kier alpha value is -1.20. The van der Waals surface area contributed by atoms with E-state index in [2.05, 4.69) is 26.2 Å². The van der Waals surface area contributed by atoms with Gasteiger partial charge < -0.3 is 5.32 Å². The molecule has 3 nitrogen and oxygen atoms in total. The van der Waals surface area contributed by atoms with Crippen LogP contribution in [0.1, 0.15) is 14.7 Å². The van der Waals surface area contributed by atoms with Gasteiger partial charge in [0.1, 0.15) is 4.88 Å². The normalized spacial score (nSPS) is 10.1. The monoisotopic (exact) mass is 296 g/mol. The number of halogens is 1. The third-order valence-electron chi connectivity index (χ3n) is 1.97. The van der Waals surface area contributed by atoms with Crippen molar-refractivity contribution in [1.82, 2.24) is 4.98 Å². The van der Waals surface area contributed by atoms with Crippen LogP contribution in [0.25, 0.3) is 0 Å². The van der Waals surface area contributed by atoms with Crippen molar-refractivity contribution in [3.8, 4) is 0 Å². The van der Waals surface area contributed by atoms with Crippen LogP contribution in [0.4, 0.5) is 5.69 Å². The fourth-order valence-electron chi connectivity index (χ4n) is 1.21. The smallest absolute Gasteiger partial charge is 0.267 e. The van der Waals surface area contributed by atoms with E-state index in [4.69, 9.17) is 0 Å². The zero-order valence-corrected chi connectivity index (χ0v) is 10.9. The highest BCUT2D eigenvalue weighted by atomic mass is 79.9. The molecule has 0 spiro atoms. The molecule has 0 saturated carbocycles. The highest BCUT2D eigenvalue weighted by Gasteiger charge is 2.10. The van der Waals surface area contributed by atoms with Gasteiger partial charge in [-0.2, -0.15) is 0 Å². The lowest BCUT2D eigenvalue weighted by Crippen LogP contribution is -2.10. The molecular formula is C11H9BrN2OS. The predicted molar refractivity (Wildman–Crippen MR) is 68.9 cm³/mol.